The van der Waals surface area contributed by atoms with Gasteiger partial charge in [-0.25, -0.2) is 4.39 Å². The lowest BCUT2D eigenvalue weighted by Gasteiger charge is -2.32. The number of carboxylic acid groups (broad SMARTS) is 1. The van der Waals surface area contributed by atoms with Crippen molar-refractivity contribution in [3.05, 3.63) is 77.3 Å². The van der Waals surface area contributed by atoms with Gasteiger partial charge in [0.05, 0.1) is 12.5 Å². The first kappa shape index (κ1) is 27.4. The van der Waals surface area contributed by atoms with E-state index in [1.807, 2.05) is 18.2 Å². The molecule has 7 nitrogen and oxygen atoms in total. The monoisotopic (exact) mass is 522 g/mol. The molecule has 4 rings (SSSR count). The number of carbonyl (C=O) groups excluding carboxylic acids is 1. The van der Waals surface area contributed by atoms with E-state index in [0.717, 1.165) is 35.4 Å². The molecule has 1 amide bonds. The van der Waals surface area contributed by atoms with Gasteiger partial charge in [0, 0.05) is 43.1 Å². The van der Waals surface area contributed by atoms with Crippen molar-refractivity contribution in [2.24, 2.45) is 5.92 Å². The number of rotatable bonds is 11. The lowest BCUT2D eigenvalue weighted by Crippen LogP contribution is -2.29. The largest absolute Gasteiger partial charge is 0.481 e. The van der Waals surface area contributed by atoms with Crippen LogP contribution >= 0.6 is 0 Å². The minimum absolute atomic E-state index is 0.0295. The van der Waals surface area contributed by atoms with E-state index >= 15 is 0 Å². The Morgan fingerprint density at radius 2 is 1.79 bits per heavy atom. The molecule has 1 fully saturated rings. The summed E-state index contributed by atoms with van der Waals surface area (Å²) in [4.78, 5) is 25.0. The normalized spacial score (nSPS) is 14.7. The van der Waals surface area contributed by atoms with Crippen LogP contribution in [0, 0.1) is 11.7 Å². The quantitative estimate of drug-likeness (QED) is 0.298. The lowest BCUT2D eigenvalue weighted by molar-refractivity contribution is -0.137. The van der Waals surface area contributed by atoms with Gasteiger partial charge in [0.15, 0.2) is 0 Å². The SMILES string of the molecule is COCc1oc(-c2ccc(F)cc2)cc1C(Nc1ccc(C(=O)N(C)CCC(=O)O)cc1)C1CCCCC1. The Kier molecular flexibility index (Phi) is 9.18. The summed E-state index contributed by atoms with van der Waals surface area (Å²) in [6.45, 7) is 0.467. The number of methoxy groups -OCH3 is 1. The number of anilines is 1. The predicted octanol–water partition coefficient (Wildman–Crippen LogP) is 6.51. The van der Waals surface area contributed by atoms with E-state index in [4.69, 9.17) is 14.3 Å². The van der Waals surface area contributed by atoms with Gasteiger partial charge in [0.25, 0.3) is 5.91 Å². The molecule has 8 heteroatoms. The zero-order valence-corrected chi connectivity index (χ0v) is 21.9. The van der Waals surface area contributed by atoms with Crippen molar-refractivity contribution in [1.82, 2.24) is 4.90 Å². The van der Waals surface area contributed by atoms with Crippen molar-refractivity contribution in [1.29, 1.82) is 0 Å². The summed E-state index contributed by atoms with van der Waals surface area (Å²) in [6, 6.07) is 15.5. The number of hydrogen-bond acceptors (Lipinski definition) is 5. The molecule has 1 aromatic heterocycles. The molecule has 1 saturated carbocycles. The van der Waals surface area contributed by atoms with Crippen molar-refractivity contribution in [2.75, 3.05) is 26.0 Å². The van der Waals surface area contributed by atoms with Crippen LogP contribution in [0.4, 0.5) is 10.1 Å². The molecule has 1 aliphatic rings. The second-order valence-corrected chi connectivity index (χ2v) is 9.90. The predicted molar refractivity (Wildman–Crippen MR) is 143 cm³/mol. The first-order chi connectivity index (χ1) is 18.4. The molecule has 38 heavy (non-hydrogen) atoms. The second kappa shape index (κ2) is 12.7. The highest BCUT2D eigenvalue weighted by atomic mass is 19.1. The summed E-state index contributed by atoms with van der Waals surface area (Å²) in [5.41, 5.74) is 3.19. The summed E-state index contributed by atoms with van der Waals surface area (Å²) in [7, 11) is 3.24. The Hall–Kier alpha value is -3.65. The standard InChI is InChI=1S/C30H35FN2O5/c1-33(17-16-28(34)35)30(36)22-10-14-24(15-11-22)32-29(21-6-4-3-5-7-21)25-18-26(38-27(25)19-37-2)20-8-12-23(31)13-9-20/h8-15,18,21,29,32H,3-7,16-17,19H2,1-2H3,(H,34,35). The van der Waals surface area contributed by atoms with Gasteiger partial charge in [-0.05, 0) is 73.4 Å². The minimum atomic E-state index is -0.937. The van der Waals surface area contributed by atoms with Crippen molar-refractivity contribution in [2.45, 2.75) is 51.2 Å². The molecule has 0 radical (unpaired) electrons. The fourth-order valence-corrected chi connectivity index (χ4v) is 5.10. The van der Waals surface area contributed by atoms with Crippen LogP contribution in [-0.4, -0.2) is 42.6 Å². The maximum Gasteiger partial charge on any atom is 0.305 e. The fraction of sp³-hybridized carbons (Fsp3) is 0.400. The molecule has 2 aromatic carbocycles. The van der Waals surface area contributed by atoms with Crippen LogP contribution in [0.15, 0.2) is 59.0 Å². The fourth-order valence-electron chi connectivity index (χ4n) is 5.10. The third kappa shape index (κ3) is 6.81. The Morgan fingerprint density at radius 3 is 2.42 bits per heavy atom. The Labute approximate surface area is 222 Å². The summed E-state index contributed by atoms with van der Waals surface area (Å²) in [6.07, 6.45) is 5.65. The van der Waals surface area contributed by atoms with E-state index in [-0.39, 0.29) is 30.7 Å². The van der Waals surface area contributed by atoms with Gasteiger partial charge in [-0.3, -0.25) is 9.59 Å². The Bertz CT molecular complexity index is 1220. The van der Waals surface area contributed by atoms with Crippen molar-refractivity contribution >= 4 is 17.6 Å². The van der Waals surface area contributed by atoms with Gasteiger partial charge >= 0.3 is 5.97 Å². The van der Waals surface area contributed by atoms with E-state index in [9.17, 15) is 14.0 Å². The molecule has 0 spiro atoms. The van der Waals surface area contributed by atoms with Gasteiger partial charge in [-0.15, -0.1) is 0 Å². The van der Waals surface area contributed by atoms with Crippen LogP contribution in [0.1, 0.15) is 66.2 Å². The molecule has 1 aliphatic carbocycles. The van der Waals surface area contributed by atoms with Crippen LogP contribution in [0.3, 0.4) is 0 Å². The number of benzene rings is 2. The number of halogens is 1. The van der Waals surface area contributed by atoms with E-state index in [2.05, 4.69) is 5.32 Å². The highest BCUT2D eigenvalue weighted by Gasteiger charge is 2.30. The smallest absolute Gasteiger partial charge is 0.305 e. The van der Waals surface area contributed by atoms with Gasteiger partial charge in [-0.1, -0.05) is 19.3 Å². The van der Waals surface area contributed by atoms with Crippen LogP contribution in [0.5, 0.6) is 0 Å². The highest BCUT2D eigenvalue weighted by Crippen LogP contribution is 2.41. The number of hydrogen-bond donors (Lipinski definition) is 2. The molecule has 0 bridgehead atoms. The van der Waals surface area contributed by atoms with Crippen molar-refractivity contribution in [3.8, 4) is 11.3 Å². The van der Waals surface area contributed by atoms with E-state index in [1.54, 1.807) is 38.4 Å². The number of carboxylic acids is 1. The van der Waals surface area contributed by atoms with Crippen LogP contribution in [0.2, 0.25) is 0 Å². The lowest BCUT2D eigenvalue weighted by atomic mass is 9.81. The number of aliphatic carboxylic acids is 1. The molecular weight excluding hydrogens is 487 g/mol. The average Bonchev–Trinajstić information content (AvgIpc) is 3.34. The third-order valence-corrected chi connectivity index (χ3v) is 7.16. The molecular formula is C30H35FN2O5. The number of nitrogens with zero attached hydrogens (tertiary/aromatic N) is 1. The first-order valence-electron chi connectivity index (χ1n) is 13.1. The minimum Gasteiger partial charge on any atom is -0.481 e. The zero-order chi connectivity index (χ0) is 27.1. The number of amides is 1. The molecule has 3 aromatic rings. The van der Waals surface area contributed by atoms with Gasteiger partial charge in [0.2, 0.25) is 0 Å². The Balaban J connectivity index is 1.60. The second-order valence-electron chi connectivity index (χ2n) is 9.90. The van der Waals surface area contributed by atoms with Crippen LogP contribution in [0.25, 0.3) is 11.3 Å². The average molecular weight is 523 g/mol. The molecule has 1 unspecified atom stereocenters. The number of nitrogens with one attached hydrogen (secondary N) is 1. The number of carbonyl (C=O) groups is 2. The van der Waals surface area contributed by atoms with Gasteiger partial charge in [0.1, 0.15) is 23.9 Å². The van der Waals surface area contributed by atoms with Gasteiger partial charge < -0.3 is 24.5 Å². The summed E-state index contributed by atoms with van der Waals surface area (Å²) >= 11 is 0. The molecule has 2 N–H and O–H groups in total. The number of ether oxygens (including phenoxy) is 1. The zero-order valence-electron chi connectivity index (χ0n) is 21.9. The molecule has 1 heterocycles. The first-order valence-corrected chi connectivity index (χ1v) is 13.1. The molecule has 0 saturated heterocycles. The summed E-state index contributed by atoms with van der Waals surface area (Å²) in [5.74, 6) is 0.341. The van der Waals surface area contributed by atoms with E-state index < -0.39 is 5.97 Å². The molecule has 202 valence electrons. The molecule has 1 atom stereocenters. The Morgan fingerprint density at radius 1 is 1.11 bits per heavy atom. The maximum absolute atomic E-state index is 13.5. The topological polar surface area (TPSA) is 92.0 Å². The summed E-state index contributed by atoms with van der Waals surface area (Å²) < 4.78 is 25.2. The number of furan rings is 1. The van der Waals surface area contributed by atoms with Crippen LogP contribution < -0.4 is 5.32 Å². The van der Waals surface area contributed by atoms with E-state index in [1.165, 1.54) is 36.3 Å². The van der Waals surface area contributed by atoms with E-state index in [0.29, 0.717) is 23.8 Å². The maximum atomic E-state index is 13.5. The summed E-state index contributed by atoms with van der Waals surface area (Å²) in [5, 5.41) is 12.6. The van der Waals surface area contributed by atoms with Crippen molar-refractivity contribution < 1.29 is 28.2 Å². The highest BCUT2D eigenvalue weighted by molar-refractivity contribution is 5.94. The molecule has 0 aliphatic heterocycles. The van der Waals surface area contributed by atoms with Crippen LogP contribution in [-0.2, 0) is 16.1 Å². The third-order valence-electron chi connectivity index (χ3n) is 7.16. The van der Waals surface area contributed by atoms with Gasteiger partial charge in [-0.2, -0.15) is 0 Å². The van der Waals surface area contributed by atoms with Crippen molar-refractivity contribution in [3.63, 3.8) is 0 Å².